The Morgan fingerprint density at radius 2 is 2.25 bits per heavy atom. The van der Waals surface area contributed by atoms with E-state index in [1.54, 1.807) is 12.2 Å². The SMILES string of the molecule is C=C(N)/C=C\C1=C(C)C2(CC2)C(C)OC1=O. The first-order chi connectivity index (χ1) is 7.47. The molecular weight excluding hydrogens is 202 g/mol. The molecule has 0 aromatic carbocycles. The maximum Gasteiger partial charge on any atom is 0.338 e. The smallest absolute Gasteiger partial charge is 0.338 e. The van der Waals surface area contributed by atoms with E-state index in [0.717, 1.165) is 18.4 Å². The first-order valence-electron chi connectivity index (χ1n) is 5.52. The van der Waals surface area contributed by atoms with Gasteiger partial charge in [0.2, 0.25) is 0 Å². The Balaban J connectivity index is 2.37. The van der Waals surface area contributed by atoms with Crippen LogP contribution in [0.25, 0.3) is 0 Å². The van der Waals surface area contributed by atoms with Crippen molar-refractivity contribution in [1.29, 1.82) is 0 Å². The number of esters is 1. The van der Waals surface area contributed by atoms with Gasteiger partial charge in [-0.3, -0.25) is 0 Å². The zero-order valence-electron chi connectivity index (χ0n) is 9.75. The Bertz CT molecular complexity index is 414. The van der Waals surface area contributed by atoms with Gasteiger partial charge in [-0.2, -0.15) is 0 Å². The monoisotopic (exact) mass is 219 g/mol. The van der Waals surface area contributed by atoms with Crippen molar-refractivity contribution in [2.75, 3.05) is 0 Å². The fourth-order valence-electron chi connectivity index (χ4n) is 2.36. The van der Waals surface area contributed by atoms with Crippen molar-refractivity contribution in [3.63, 3.8) is 0 Å². The maximum atomic E-state index is 11.7. The average molecular weight is 219 g/mol. The highest BCUT2D eigenvalue weighted by molar-refractivity contribution is 5.94. The van der Waals surface area contributed by atoms with E-state index in [-0.39, 0.29) is 17.5 Å². The van der Waals surface area contributed by atoms with Gasteiger partial charge in [0.05, 0.1) is 5.57 Å². The molecule has 2 rings (SSSR count). The van der Waals surface area contributed by atoms with Gasteiger partial charge in [0.15, 0.2) is 0 Å². The van der Waals surface area contributed by atoms with Crippen LogP contribution in [0.2, 0.25) is 0 Å². The molecule has 1 heterocycles. The van der Waals surface area contributed by atoms with Crippen LogP contribution in [0.4, 0.5) is 0 Å². The summed E-state index contributed by atoms with van der Waals surface area (Å²) >= 11 is 0. The number of allylic oxidation sites excluding steroid dienone is 1. The molecular formula is C13H17NO2. The van der Waals surface area contributed by atoms with Gasteiger partial charge in [0.25, 0.3) is 0 Å². The lowest BCUT2D eigenvalue weighted by Crippen LogP contribution is -2.33. The fraction of sp³-hybridized carbons (Fsp3) is 0.462. The third-order valence-electron chi connectivity index (χ3n) is 3.69. The van der Waals surface area contributed by atoms with Crippen LogP contribution in [0.3, 0.4) is 0 Å². The summed E-state index contributed by atoms with van der Waals surface area (Å²) < 4.78 is 5.36. The van der Waals surface area contributed by atoms with Gasteiger partial charge >= 0.3 is 5.97 Å². The van der Waals surface area contributed by atoms with Crippen molar-refractivity contribution in [2.24, 2.45) is 11.1 Å². The van der Waals surface area contributed by atoms with Crippen LogP contribution < -0.4 is 5.73 Å². The molecule has 1 saturated carbocycles. The Morgan fingerprint density at radius 1 is 1.62 bits per heavy atom. The third-order valence-corrected chi connectivity index (χ3v) is 3.69. The normalized spacial score (nSPS) is 27.4. The number of carbonyl (C=O) groups excluding carboxylic acids is 1. The van der Waals surface area contributed by atoms with E-state index in [2.05, 4.69) is 6.58 Å². The Morgan fingerprint density at radius 3 is 2.75 bits per heavy atom. The Labute approximate surface area is 95.7 Å². The maximum absolute atomic E-state index is 11.7. The van der Waals surface area contributed by atoms with E-state index in [9.17, 15) is 4.79 Å². The van der Waals surface area contributed by atoms with Crippen LogP contribution in [0, 0.1) is 5.41 Å². The second kappa shape index (κ2) is 3.51. The molecule has 1 unspecified atom stereocenters. The van der Waals surface area contributed by atoms with Crippen molar-refractivity contribution >= 4 is 5.97 Å². The van der Waals surface area contributed by atoms with E-state index in [1.165, 1.54) is 0 Å². The lowest BCUT2D eigenvalue weighted by Gasteiger charge is -2.31. The highest BCUT2D eigenvalue weighted by Gasteiger charge is 2.54. The second-order valence-electron chi connectivity index (χ2n) is 4.65. The van der Waals surface area contributed by atoms with Crippen LogP contribution in [-0.4, -0.2) is 12.1 Å². The Kier molecular flexibility index (Phi) is 2.41. The zero-order valence-corrected chi connectivity index (χ0v) is 9.75. The van der Waals surface area contributed by atoms with Crippen molar-refractivity contribution in [3.05, 3.63) is 35.6 Å². The van der Waals surface area contributed by atoms with E-state index < -0.39 is 0 Å². The number of rotatable bonds is 2. The molecule has 1 aliphatic carbocycles. The quantitative estimate of drug-likeness (QED) is 0.571. The summed E-state index contributed by atoms with van der Waals surface area (Å²) in [4.78, 5) is 11.7. The molecule has 0 saturated heterocycles. The molecule has 2 aliphatic rings. The molecule has 0 aromatic rings. The van der Waals surface area contributed by atoms with Gasteiger partial charge < -0.3 is 10.5 Å². The predicted molar refractivity (Wildman–Crippen MR) is 62.4 cm³/mol. The first kappa shape index (κ1) is 11.0. The molecule has 86 valence electrons. The molecule has 0 amide bonds. The summed E-state index contributed by atoms with van der Waals surface area (Å²) in [7, 11) is 0. The van der Waals surface area contributed by atoms with Crippen LogP contribution in [-0.2, 0) is 9.53 Å². The lowest BCUT2D eigenvalue weighted by atomic mass is 9.85. The van der Waals surface area contributed by atoms with Gasteiger partial charge in [-0.1, -0.05) is 6.58 Å². The summed E-state index contributed by atoms with van der Waals surface area (Å²) in [6.45, 7) is 7.56. The Hall–Kier alpha value is -1.51. The topological polar surface area (TPSA) is 52.3 Å². The number of cyclic esters (lactones) is 1. The second-order valence-corrected chi connectivity index (χ2v) is 4.65. The largest absolute Gasteiger partial charge is 0.458 e. The molecule has 1 spiro atoms. The summed E-state index contributed by atoms with van der Waals surface area (Å²) in [6.07, 6.45) is 5.57. The zero-order chi connectivity index (χ0) is 11.9. The molecule has 16 heavy (non-hydrogen) atoms. The standard InChI is InChI=1S/C13H17NO2/c1-8(14)4-5-11-9(2)13(6-7-13)10(3)16-12(11)15/h4-5,10H,1,6-7,14H2,2-3H3/b5-4-. The van der Waals surface area contributed by atoms with Gasteiger partial charge in [0, 0.05) is 11.1 Å². The molecule has 1 atom stereocenters. The highest BCUT2D eigenvalue weighted by atomic mass is 16.5. The van der Waals surface area contributed by atoms with Gasteiger partial charge in [-0.05, 0) is 44.4 Å². The van der Waals surface area contributed by atoms with Crippen LogP contribution in [0.5, 0.6) is 0 Å². The van der Waals surface area contributed by atoms with E-state index in [0.29, 0.717) is 11.3 Å². The van der Waals surface area contributed by atoms with Crippen LogP contribution >= 0.6 is 0 Å². The number of hydrogen-bond donors (Lipinski definition) is 1. The predicted octanol–water partition coefficient (Wildman–Crippen LogP) is 2.06. The summed E-state index contributed by atoms with van der Waals surface area (Å²) in [5, 5.41) is 0. The lowest BCUT2D eigenvalue weighted by molar-refractivity contribution is -0.147. The molecule has 0 bridgehead atoms. The molecule has 0 radical (unpaired) electrons. The third kappa shape index (κ3) is 1.56. The molecule has 3 nitrogen and oxygen atoms in total. The molecule has 1 aliphatic heterocycles. The van der Waals surface area contributed by atoms with Gasteiger partial charge in [-0.15, -0.1) is 0 Å². The van der Waals surface area contributed by atoms with Crippen molar-refractivity contribution in [2.45, 2.75) is 32.8 Å². The molecule has 3 heteroatoms. The highest BCUT2D eigenvalue weighted by Crippen LogP contribution is 2.58. The molecule has 0 aromatic heterocycles. The van der Waals surface area contributed by atoms with Crippen molar-refractivity contribution < 1.29 is 9.53 Å². The fourth-order valence-corrected chi connectivity index (χ4v) is 2.36. The van der Waals surface area contributed by atoms with E-state index in [1.807, 2.05) is 13.8 Å². The van der Waals surface area contributed by atoms with E-state index in [4.69, 9.17) is 10.5 Å². The van der Waals surface area contributed by atoms with Gasteiger partial charge in [0.1, 0.15) is 6.10 Å². The summed E-state index contributed by atoms with van der Waals surface area (Å²) in [6, 6.07) is 0. The van der Waals surface area contributed by atoms with Crippen LogP contribution in [0.15, 0.2) is 35.6 Å². The number of nitrogens with two attached hydrogens (primary N) is 1. The number of carbonyl (C=O) groups is 1. The average Bonchev–Trinajstić information content (AvgIpc) is 2.95. The minimum atomic E-state index is -0.250. The minimum Gasteiger partial charge on any atom is -0.458 e. The molecule has 1 fully saturated rings. The van der Waals surface area contributed by atoms with Crippen molar-refractivity contribution in [1.82, 2.24) is 0 Å². The van der Waals surface area contributed by atoms with Crippen LogP contribution in [0.1, 0.15) is 26.7 Å². The van der Waals surface area contributed by atoms with E-state index >= 15 is 0 Å². The number of ether oxygens (including phenoxy) is 1. The minimum absolute atomic E-state index is 0.00164. The number of hydrogen-bond acceptors (Lipinski definition) is 3. The summed E-state index contributed by atoms with van der Waals surface area (Å²) in [5.41, 5.74) is 7.77. The first-order valence-corrected chi connectivity index (χ1v) is 5.52. The summed E-state index contributed by atoms with van der Waals surface area (Å²) in [5.74, 6) is -0.250. The van der Waals surface area contributed by atoms with Crippen molar-refractivity contribution in [3.8, 4) is 0 Å². The van der Waals surface area contributed by atoms with Gasteiger partial charge in [-0.25, -0.2) is 4.79 Å². The molecule has 2 N–H and O–H groups in total.